The Morgan fingerprint density at radius 2 is 1.32 bits per heavy atom. The summed E-state index contributed by atoms with van der Waals surface area (Å²) in [6.45, 7) is 0. The van der Waals surface area contributed by atoms with Crippen molar-refractivity contribution in [3.8, 4) is 23.0 Å². The molecule has 0 radical (unpaired) electrons. The van der Waals surface area contributed by atoms with Gasteiger partial charge in [-0.1, -0.05) is 0 Å². The number of benzene rings is 2. The zero-order valence-corrected chi connectivity index (χ0v) is 11.0. The summed E-state index contributed by atoms with van der Waals surface area (Å²) in [5, 5.41) is 52.1. The Labute approximate surface area is 123 Å². The molecule has 0 amide bonds. The van der Waals surface area contributed by atoms with Crippen LogP contribution in [0, 0.1) is 0 Å². The van der Waals surface area contributed by atoms with Gasteiger partial charge in [0, 0.05) is 6.07 Å². The van der Waals surface area contributed by atoms with E-state index in [1.54, 1.807) is 0 Å². The summed E-state index contributed by atoms with van der Waals surface area (Å²) in [6.07, 6.45) is 0. The molecule has 8 nitrogen and oxygen atoms in total. The second-order valence-electron chi connectivity index (χ2n) is 4.02. The molecule has 2 aromatic rings. The molecule has 0 unspecified atom stereocenters. The van der Waals surface area contributed by atoms with Gasteiger partial charge >= 0.3 is 11.9 Å². The van der Waals surface area contributed by atoms with Gasteiger partial charge in [0.05, 0.1) is 5.56 Å². The minimum Gasteiger partial charge on any atom is -0.508 e. The number of phenols is 4. The van der Waals surface area contributed by atoms with Gasteiger partial charge in [0.15, 0.2) is 11.5 Å². The van der Waals surface area contributed by atoms with E-state index in [2.05, 4.69) is 0 Å². The molecule has 0 aliphatic rings. The molecule has 2 aromatic carbocycles. The molecule has 0 heterocycles. The number of carboxylic acids is 2. The number of phenolic OH excluding ortho intramolecular Hbond substituents is 3. The smallest absolute Gasteiger partial charge is 0.339 e. The van der Waals surface area contributed by atoms with E-state index in [-0.39, 0.29) is 22.6 Å². The lowest BCUT2D eigenvalue weighted by Crippen LogP contribution is -1.95. The number of rotatable bonds is 2. The Morgan fingerprint density at radius 1 is 0.682 bits per heavy atom. The number of hydrogen-bond donors (Lipinski definition) is 6. The molecular formula is C14H12O8. The molecule has 0 aliphatic heterocycles. The molecule has 0 aliphatic carbocycles. The molecule has 8 heteroatoms. The van der Waals surface area contributed by atoms with E-state index in [0.29, 0.717) is 0 Å². The third-order valence-corrected chi connectivity index (χ3v) is 2.43. The second kappa shape index (κ2) is 6.84. The molecule has 116 valence electrons. The average molecular weight is 308 g/mol. The van der Waals surface area contributed by atoms with Crippen molar-refractivity contribution >= 4 is 11.9 Å². The normalized spacial score (nSPS) is 9.45. The summed E-state index contributed by atoms with van der Waals surface area (Å²) in [5.41, 5.74) is -0.275. The van der Waals surface area contributed by atoms with Crippen LogP contribution in [0.2, 0.25) is 0 Å². The second-order valence-corrected chi connectivity index (χ2v) is 4.02. The highest BCUT2D eigenvalue weighted by molar-refractivity contribution is 5.91. The van der Waals surface area contributed by atoms with Gasteiger partial charge in [-0.25, -0.2) is 9.59 Å². The van der Waals surface area contributed by atoms with Crippen LogP contribution in [0.4, 0.5) is 0 Å². The van der Waals surface area contributed by atoms with E-state index in [1.165, 1.54) is 12.1 Å². The summed E-state index contributed by atoms with van der Waals surface area (Å²) in [7, 11) is 0. The van der Waals surface area contributed by atoms with E-state index in [4.69, 9.17) is 30.6 Å². The molecule has 0 saturated carbocycles. The van der Waals surface area contributed by atoms with Crippen LogP contribution in [0.5, 0.6) is 23.0 Å². The van der Waals surface area contributed by atoms with Crippen LogP contribution in [0.3, 0.4) is 0 Å². The fourth-order valence-corrected chi connectivity index (χ4v) is 1.36. The van der Waals surface area contributed by atoms with Crippen LogP contribution < -0.4 is 0 Å². The van der Waals surface area contributed by atoms with E-state index in [0.717, 1.165) is 24.3 Å². The fourth-order valence-electron chi connectivity index (χ4n) is 1.36. The minimum absolute atomic E-state index is 0.0553. The highest BCUT2D eigenvalue weighted by Crippen LogP contribution is 2.24. The van der Waals surface area contributed by atoms with Gasteiger partial charge in [-0.15, -0.1) is 0 Å². The standard InChI is InChI=1S/2C7H6O4/c8-4-1-2-5(7(10)11)6(9)3-4;8-5-2-1-4(7(10)11)3-6(5)9/h2*1-3,8-9H,(H,10,11). The minimum atomic E-state index is -1.22. The number of aromatic carboxylic acids is 2. The van der Waals surface area contributed by atoms with Gasteiger partial charge in [-0.2, -0.15) is 0 Å². The Morgan fingerprint density at radius 3 is 1.77 bits per heavy atom. The highest BCUT2D eigenvalue weighted by atomic mass is 16.4. The van der Waals surface area contributed by atoms with Crippen LogP contribution in [-0.2, 0) is 0 Å². The topological polar surface area (TPSA) is 156 Å². The van der Waals surface area contributed by atoms with E-state index in [9.17, 15) is 9.59 Å². The number of carbonyl (C=O) groups is 2. The first-order chi connectivity index (χ1) is 10.2. The first-order valence-electron chi connectivity index (χ1n) is 5.73. The van der Waals surface area contributed by atoms with Crippen molar-refractivity contribution in [2.75, 3.05) is 0 Å². The summed E-state index contributed by atoms with van der Waals surface area (Å²) in [6, 6.07) is 6.62. The van der Waals surface area contributed by atoms with Crippen molar-refractivity contribution in [1.29, 1.82) is 0 Å². The average Bonchev–Trinajstić information content (AvgIpc) is 2.41. The zero-order chi connectivity index (χ0) is 16.9. The Bertz CT molecular complexity index is 708. The van der Waals surface area contributed by atoms with Crippen molar-refractivity contribution in [2.45, 2.75) is 0 Å². The summed E-state index contributed by atoms with van der Waals surface area (Å²) in [5.74, 6) is -3.70. The fraction of sp³-hybridized carbons (Fsp3) is 0. The van der Waals surface area contributed by atoms with Crippen LogP contribution in [-0.4, -0.2) is 42.6 Å². The quantitative estimate of drug-likeness (QED) is 0.457. The molecule has 6 N–H and O–H groups in total. The molecule has 0 fully saturated rings. The molecule has 0 bridgehead atoms. The SMILES string of the molecule is O=C(O)c1ccc(O)c(O)c1.O=C(O)c1ccc(O)cc1O. The van der Waals surface area contributed by atoms with Crippen molar-refractivity contribution in [3.05, 3.63) is 47.5 Å². The van der Waals surface area contributed by atoms with Gasteiger partial charge in [0.1, 0.15) is 17.1 Å². The van der Waals surface area contributed by atoms with Crippen LogP contribution in [0.25, 0.3) is 0 Å². The van der Waals surface area contributed by atoms with Crippen LogP contribution >= 0.6 is 0 Å². The third kappa shape index (κ3) is 4.30. The van der Waals surface area contributed by atoms with Gasteiger partial charge in [0.2, 0.25) is 0 Å². The maximum atomic E-state index is 10.3. The van der Waals surface area contributed by atoms with Crippen molar-refractivity contribution in [2.24, 2.45) is 0 Å². The van der Waals surface area contributed by atoms with E-state index in [1.807, 2.05) is 0 Å². The van der Waals surface area contributed by atoms with Crippen LogP contribution in [0.1, 0.15) is 20.7 Å². The van der Waals surface area contributed by atoms with Crippen molar-refractivity contribution in [3.63, 3.8) is 0 Å². The largest absolute Gasteiger partial charge is 0.508 e. The van der Waals surface area contributed by atoms with Gasteiger partial charge in [-0.3, -0.25) is 0 Å². The third-order valence-electron chi connectivity index (χ3n) is 2.43. The van der Waals surface area contributed by atoms with Gasteiger partial charge in [-0.05, 0) is 30.3 Å². The predicted molar refractivity (Wildman–Crippen MR) is 73.5 cm³/mol. The first-order valence-corrected chi connectivity index (χ1v) is 5.73. The molecule has 0 atom stereocenters. The highest BCUT2D eigenvalue weighted by Gasteiger charge is 2.08. The van der Waals surface area contributed by atoms with E-state index < -0.39 is 23.4 Å². The van der Waals surface area contributed by atoms with Gasteiger partial charge < -0.3 is 30.6 Å². The Hall–Kier alpha value is -3.42. The van der Waals surface area contributed by atoms with Crippen molar-refractivity contribution < 1.29 is 40.2 Å². The summed E-state index contributed by atoms with van der Waals surface area (Å²) < 4.78 is 0. The molecule has 22 heavy (non-hydrogen) atoms. The number of aromatic hydroxyl groups is 4. The lowest BCUT2D eigenvalue weighted by molar-refractivity contribution is 0.0684. The maximum absolute atomic E-state index is 10.3. The summed E-state index contributed by atoms with van der Waals surface area (Å²) in [4.78, 5) is 20.6. The molecule has 0 spiro atoms. The number of carboxylic acid groups (broad SMARTS) is 2. The van der Waals surface area contributed by atoms with Crippen LogP contribution in [0.15, 0.2) is 36.4 Å². The van der Waals surface area contributed by atoms with Gasteiger partial charge in [0.25, 0.3) is 0 Å². The molecule has 0 saturated heterocycles. The first kappa shape index (κ1) is 16.6. The molecular weight excluding hydrogens is 296 g/mol. The number of hydrogen-bond acceptors (Lipinski definition) is 6. The van der Waals surface area contributed by atoms with Crippen molar-refractivity contribution in [1.82, 2.24) is 0 Å². The predicted octanol–water partition coefficient (Wildman–Crippen LogP) is 1.59. The lowest BCUT2D eigenvalue weighted by atomic mass is 10.2. The Kier molecular flexibility index (Phi) is 5.17. The lowest BCUT2D eigenvalue weighted by Gasteiger charge is -1.97. The molecule has 0 aromatic heterocycles. The monoisotopic (exact) mass is 308 g/mol. The maximum Gasteiger partial charge on any atom is 0.339 e. The van der Waals surface area contributed by atoms with E-state index >= 15 is 0 Å². The summed E-state index contributed by atoms with van der Waals surface area (Å²) >= 11 is 0. The molecule has 2 rings (SSSR count). The zero-order valence-electron chi connectivity index (χ0n) is 11.0. The Balaban J connectivity index is 0.000000220.